The Hall–Kier alpha value is -2.40. The lowest BCUT2D eigenvalue weighted by Gasteiger charge is -2.24. The minimum Gasteiger partial charge on any atom is -0.493 e. The minimum atomic E-state index is -0.127. The topological polar surface area (TPSA) is 41.6 Å². The van der Waals surface area contributed by atoms with E-state index in [1.54, 1.807) is 0 Å². The van der Waals surface area contributed by atoms with Gasteiger partial charge in [-0.2, -0.15) is 0 Å². The van der Waals surface area contributed by atoms with Gasteiger partial charge in [-0.15, -0.1) is 11.8 Å². The van der Waals surface area contributed by atoms with Gasteiger partial charge in [0.15, 0.2) is 0 Å². The Balaban J connectivity index is 1.47. The molecule has 0 saturated heterocycles. The van der Waals surface area contributed by atoms with E-state index < -0.39 is 0 Å². The predicted molar refractivity (Wildman–Crippen MR) is 178 cm³/mol. The molecule has 1 N–H and O–H groups in total. The van der Waals surface area contributed by atoms with Crippen molar-refractivity contribution in [2.45, 2.75) is 124 Å². The summed E-state index contributed by atoms with van der Waals surface area (Å²) in [5.74, 6) is 1.76. The van der Waals surface area contributed by atoms with Gasteiger partial charge in [-0.05, 0) is 53.5 Å². The summed E-state index contributed by atoms with van der Waals surface area (Å²) >= 11 is 1.85. The molecule has 0 aromatic heterocycles. The highest BCUT2D eigenvalue weighted by Crippen LogP contribution is 2.33. The van der Waals surface area contributed by atoms with Crippen LogP contribution >= 0.6 is 11.8 Å². The summed E-state index contributed by atoms with van der Waals surface area (Å²) in [7, 11) is 0. The van der Waals surface area contributed by atoms with Crippen LogP contribution in [0.25, 0.3) is 0 Å². The van der Waals surface area contributed by atoms with Gasteiger partial charge >= 0.3 is 0 Å². The van der Waals surface area contributed by atoms with Gasteiger partial charge < -0.3 is 15.0 Å². The summed E-state index contributed by atoms with van der Waals surface area (Å²) in [6, 6.07) is 14.0. The zero-order chi connectivity index (χ0) is 29.5. The summed E-state index contributed by atoms with van der Waals surface area (Å²) in [5, 5.41) is 3.17. The molecule has 0 atom stereocenters. The summed E-state index contributed by atoms with van der Waals surface area (Å²) < 4.78 is 6.27. The number of carbonyl (C=O) groups is 1. The molecule has 2 aromatic carbocycles. The van der Waals surface area contributed by atoms with E-state index in [1.807, 2.05) is 48.2 Å². The number of hydrogen-bond donors (Lipinski definition) is 1. The number of nitrogens with one attached hydrogen (secondary N) is 1. The van der Waals surface area contributed by atoms with Crippen molar-refractivity contribution in [3.05, 3.63) is 70.3 Å². The van der Waals surface area contributed by atoms with Crippen molar-refractivity contribution in [2.75, 3.05) is 17.8 Å². The van der Waals surface area contributed by atoms with Gasteiger partial charge in [0, 0.05) is 29.6 Å². The van der Waals surface area contributed by atoms with E-state index in [1.165, 1.54) is 75.5 Å². The van der Waals surface area contributed by atoms with E-state index in [-0.39, 0.29) is 11.3 Å². The number of anilines is 1. The molecule has 41 heavy (non-hydrogen) atoms. The van der Waals surface area contributed by atoms with Gasteiger partial charge in [0.25, 0.3) is 5.91 Å². The molecule has 1 aliphatic heterocycles. The van der Waals surface area contributed by atoms with Crippen LogP contribution in [0.3, 0.4) is 0 Å². The fourth-order valence-electron chi connectivity index (χ4n) is 5.31. The van der Waals surface area contributed by atoms with Gasteiger partial charge in [-0.3, -0.25) is 4.79 Å². The lowest BCUT2D eigenvalue weighted by molar-refractivity contribution is 0.102. The standard InChI is InChI=1S/C36H54N2O2S/c1-6-7-8-9-10-11-12-13-14-15-16-19-24-40-34-23-22-30(25-32(34)36(3,4)5)35(39)37-33-21-18-17-20-31(33)27-38-26-29(2)41-28-38/h17-18,20-23,25-26H,6-16,19,24,27-28H2,1-5H3,(H,37,39). The maximum absolute atomic E-state index is 13.4. The number of rotatable bonds is 18. The molecule has 226 valence electrons. The zero-order valence-corrected chi connectivity index (χ0v) is 27.2. The summed E-state index contributed by atoms with van der Waals surface area (Å²) in [4.78, 5) is 17.0. The molecule has 0 spiro atoms. The highest BCUT2D eigenvalue weighted by molar-refractivity contribution is 8.03. The smallest absolute Gasteiger partial charge is 0.255 e. The Labute approximate surface area is 254 Å². The maximum Gasteiger partial charge on any atom is 0.255 e. The molecule has 5 heteroatoms. The highest BCUT2D eigenvalue weighted by Gasteiger charge is 2.22. The first kappa shape index (κ1) is 33.1. The normalized spacial score (nSPS) is 13.4. The molecule has 0 saturated carbocycles. The third-order valence-corrected chi connectivity index (χ3v) is 8.79. The maximum atomic E-state index is 13.4. The van der Waals surface area contributed by atoms with Gasteiger partial charge in [-0.25, -0.2) is 0 Å². The number of ether oxygens (including phenoxy) is 1. The quantitative estimate of drug-likeness (QED) is 0.179. The number of unbranched alkanes of at least 4 members (excludes halogenated alkanes) is 11. The number of carbonyl (C=O) groups excluding carboxylic acids is 1. The Morgan fingerprint density at radius 3 is 2.15 bits per heavy atom. The third kappa shape index (κ3) is 11.8. The van der Waals surface area contributed by atoms with E-state index in [0.29, 0.717) is 5.56 Å². The molecular formula is C36H54N2O2S. The third-order valence-electron chi connectivity index (χ3n) is 7.77. The second-order valence-corrected chi connectivity index (χ2v) is 13.8. The molecule has 0 bridgehead atoms. The number of allylic oxidation sites excluding steroid dienone is 1. The number of para-hydroxylation sites is 1. The van der Waals surface area contributed by atoms with E-state index in [0.717, 1.165) is 48.0 Å². The Morgan fingerprint density at radius 2 is 1.54 bits per heavy atom. The molecule has 0 fully saturated rings. The van der Waals surface area contributed by atoms with Crippen LogP contribution in [-0.4, -0.2) is 23.3 Å². The average Bonchev–Trinajstić information content (AvgIpc) is 3.36. The number of benzene rings is 2. The van der Waals surface area contributed by atoms with Crippen molar-refractivity contribution < 1.29 is 9.53 Å². The predicted octanol–water partition coefficient (Wildman–Crippen LogP) is 10.7. The van der Waals surface area contributed by atoms with Crippen LogP contribution in [0, 0.1) is 0 Å². The second kappa shape index (κ2) is 17.5. The first-order chi connectivity index (χ1) is 19.8. The molecule has 4 nitrogen and oxygen atoms in total. The molecule has 3 rings (SSSR count). The van der Waals surface area contributed by atoms with Crippen LogP contribution in [0.15, 0.2) is 53.6 Å². The van der Waals surface area contributed by atoms with Crippen molar-refractivity contribution in [1.29, 1.82) is 0 Å². The molecular weight excluding hydrogens is 524 g/mol. The van der Waals surface area contributed by atoms with Crippen LogP contribution < -0.4 is 10.1 Å². The van der Waals surface area contributed by atoms with Gasteiger partial charge in [-0.1, -0.05) is 117 Å². The fourth-order valence-corrected chi connectivity index (χ4v) is 6.07. The van der Waals surface area contributed by atoms with Crippen molar-refractivity contribution in [3.8, 4) is 5.75 Å². The van der Waals surface area contributed by atoms with Crippen LogP contribution in [0.5, 0.6) is 5.75 Å². The van der Waals surface area contributed by atoms with E-state index >= 15 is 0 Å². The Bertz CT molecular complexity index is 1100. The summed E-state index contributed by atoms with van der Waals surface area (Å²) in [6.45, 7) is 12.5. The lowest BCUT2D eigenvalue weighted by Crippen LogP contribution is -2.19. The van der Waals surface area contributed by atoms with Crippen LogP contribution in [0.4, 0.5) is 5.69 Å². The molecule has 1 aliphatic rings. The molecule has 1 amide bonds. The number of amides is 1. The summed E-state index contributed by atoms with van der Waals surface area (Å²) in [6.07, 6.45) is 18.2. The minimum absolute atomic E-state index is 0.0852. The average molecular weight is 579 g/mol. The van der Waals surface area contributed by atoms with Gasteiger partial charge in [0.1, 0.15) is 5.75 Å². The summed E-state index contributed by atoms with van der Waals surface area (Å²) in [5.41, 5.74) is 3.59. The van der Waals surface area contributed by atoms with Gasteiger partial charge in [0.05, 0.1) is 12.5 Å². The van der Waals surface area contributed by atoms with Gasteiger partial charge in [0.2, 0.25) is 0 Å². The second-order valence-electron chi connectivity index (χ2n) is 12.6. The van der Waals surface area contributed by atoms with Crippen molar-refractivity contribution in [2.24, 2.45) is 0 Å². The Kier molecular flexibility index (Phi) is 14.2. The molecule has 2 aromatic rings. The molecule has 0 unspecified atom stereocenters. The highest BCUT2D eigenvalue weighted by atomic mass is 32.2. The molecule has 0 radical (unpaired) electrons. The van der Waals surface area contributed by atoms with E-state index in [2.05, 4.69) is 57.1 Å². The van der Waals surface area contributed by atoms with E-state index in [4.69, 9.17) is 4.74 Å². The van der Waals surface area contributed by atoms with E-state index in [9.17, 15) is 4.79 Å². The number of hydrogen-bond acceptors (Lipinski definition) is 4. The van der Waals surface area contributed by atoms with Crippen molar-refractivity contribution in [3.63, 3.8) is 0 Å². The Morgan fingerprint density at radius 1 is 0.902 bits per heavy atom. The molecule has 1 heterocycles. The van der Waals surface area contributed by atoms with Crippen LogP contribution in [-0.2, 0) is 12.0 Å². The van der Waals surface area contributed by atoms with Crippen LogP contribution in [0.1, 0.15) is 133 Å². The van der Waals surface area contributed by atoms with Crippen molar-refractivity contribution >= 4 is 23.4 Å². The zero-order valence-electron chi connectivity index (χ0n) is 26.4. The van der Waals surface area contributed by atoms with Crippen LogP contribution in [0.2, 0.25) is 0 Å². The fraction of sp³-hybridized carbons (Fsp3) is 0.583. The monoisotopic (exact) mass is 578 g/mol. The lowest BCUT2D eigenvalue weighted by atomic mass is 9.85. The number of thioether (sulfide) groups is 1. The largest absolute Gasteiger partial charge is 0.493 e. The molecule has 0 aliphatic carbocycles. The first-order valence-corrected chi connectivity index (χ1v) is 17.0. The number of nitrogens with zero attached hydrogens (tertiary/aromatic N) is 1. The SMILES string of the molecule is CCCCCCCCCCCCCCOc1ccc(C(=O)Nc2ccccc2CN2C=C(C)SC2)cc1C(C)(C)C. The first-order valence-electron chi connectivity index (χ1n) is 16.0. The van der Waals surface area contributed by atoms with Crippen molar-refractivity contribution in [1.82, 2.24) is 4.90 Å².